The highest BCUT2D eigenvalue weighted by Gasteiger charge is 2.32. The second-order valence-corrected chi connectivity index (χ2v) is 6.80. The summed E-state index contributed by atoms with van der Waals surface area (Å²) in [5.41, 5.74) is 1.71. The standard InChI is InChI=1S/C16H27N3/c1-13-7-6-8-14(18-13)15-11-17-12-19(15)16(2)9-4-3-5-10-16/h11-14,18H,3-10H2,1-2H3. The van der Waals surface area contributed by atoms with Crippen molar-refractivity contribution in [2.75, 3.05) is 0 Å². The van der Waals surface area contributed by atoms with Crippen LogP contribution < -0.4 is 5.32 Å². The molecule has 1 N–H and O–H groups in total. The molecule has 2 aliphatic rings. The minimum absolute atomic E-state index is 0.298. The first-order valence-electron chi connectivity index (χ1n) is 7.98. The number of imidazole rings is 1. The molecule has 1 aliphatic heterocycles. The molecule has 0 spiro atoms. The molecule has 0 radical (unpaired) electrons. The van der Waals surface area contributed by atoms with Crippen LogP contribution in [0.4, 0.5) is 0 Å². The monoisotopic (exact) mass is 261 g/mol. The van der Waals surface area contributed by atoms with Gasteiger partial charge in [-0.05, 0) is 46.0 Å². The third-order valence-corrected chi connectivity index (χ3v) is 5.15. The normalized spacial score (nSPS) is 31.3. The lowest BCUT2D eigenvalue weighted by Gasteiger charge is -2.39. The molecule has 0 bridgehead atoms. The van der Waals surface area contributed by atoms with Crippen LogP contribution in [0.5, 0.6) is 0 Å². The summed E-state index contributed by atoms with van der Waals surface area (Å²) in [7, 11) is 0. The maximum atomic E-state index is 4.47. The van der Waals surface area contributed by atoms with Crippen LogP contribution >= 0.6 is 0 Å². The van der Waals surface area contributed by atoms with Crippen molar-refractivity contribution >= 4 is 0 Å². The van der Waals surface area contributed by atoms with Gasteiger partial charge in [-0.15, -0.1) is 0 Å². The van der Waals surface area contributed by atoms with Crippen molar-refractivity contribution in [3.8, 4) is 0 Å². The van der Waals surface area contributed by atoms with Gasteiger partial charge in [0.2, 0.25) is 0 Å². The first kappa shape index (κ1) is 13.2. The van der Waals surface area contributed by atoms with Crippen LogP contribution in [-0.4, -0.2) is 15.6 Å². The average Bonchev–Trinajstić information content (AvgIpc) is 2.89. The third-order valence-electron chi connectivity index (χ3n) is 5.15. The average molecular weight is 261 g/mol. The lowest BCUT2D eigenvalue weighted by Crippen LogP contribution is -2.39. The molecular formula is C16H27N3. The highest BCUT2D eigenvalue weighted by atomic mass is 15.1. The van der Waals surface area contributed by atoms with Crippen LogP contribution in [0.15, 0.2) is 12.5 Å². The van der Waals surface area contributed by atoms with Gasteiger partial charge in [0, 0.05) is 23.8 Å². The first-order chi connectivity index (χ1) is 9.19. The molecule has 106 valence electrons. The molecule has 0 aromatic carbocycles. The summed E-state index contributed by atoms with van der Waals surface area (Å²) in [5.74, 6) is 0. The van der Waals surface area contributed by atoms with Crippen LogP contribution in [0.3, 0.4) is 0 Å². The minimum atomic E-state index is 0.298. The third kappa shape index (κ3) is 2.58. The number of hydrogen-bond donors (Lipinski definition) is 1. The molecule has 1 aromatic rings. The largest absolute Gasteiger partial charge is 0.327 e. The zero-order valence-electron chi connectivity index (χ0n) is 12.4. The number of hydrogen-bond acceptors (Lipinski definition) is 2. The number of nitrogens with zero attached hydrogens (tertiary/aromatic N) is 2. The smallest absolute Gasteiger partial charge is 0.0953 e. The Labute approximate surface area is 116 Å². The molecule has 3 nitrogen and oxygen atoms in total. The van der Waals surface area contributed by atoms with Crippen LogP contribution in [-0.2, 0) is 5.54 Å². The molecule has 1 saturated heterocycles. The Hall–Kier alpha value is -0.830. The van der Waals surface area contributed by atoms with Crippen molar-refractivity contribution in [2.45, 2.75) is 82.8 Å². The van der Waals surface area contributed by atoms with Crippen molar-refractivity contribution in [3.63, 3.8) is 0 Å². The van der Waals surface area contributed by atoms with E-state index in [-0.39, 0.29) is 0 Å². The van der Waals surface area contributed by atoms with Crippen molar-refractivity contribution in [3.05, 3.63) is 18.2 Å². The highest BCUT2D eigenvalue weighted by molar-refractivity contribution is 5.11. The van der Waals surface area contributed by atoms with E-state index in [9.17, 15) is 0 Å². The second kappa shape index (κ2) is 5.28. The SMILES string of the molecule is CC1CCCC(c2cncn2C2(C)CCCCC2)N1. The predicted molar refractivity (Wildman–Crippen MR) is 78.1 cm³/mol. The van der Waals surface area contributed by atoms with Gasteiger partial charge in [-0.25, -0.2) is 4.98 Å². The molecular weight excluding hydrogens is 234 g/mol. The maximum Gasteiger partial charge on any atom is 0.0953 e. The lowest BCUT2D eigenvalue weighted by molar-refractivity contribution is 0.203. The Kier molecular flexibility index (Phi) is 3.66. The molecule has 2 heterocycles. The lowest BCUT2D eigenvalue weighted by atomic mass is 9.82. The molecule has 2 unspecified atom stereocenters. The van der Waals surface area contributed by atoms with Gasteiger partial charge in [-0.1, -0.05) is 19.3 Å². The van der Waals surface area contributed by atoms with Crippen LogP contribution in [0.25, 0.3) is 0 Å². The fourth-order valence-corrected chi connectivity index (χ4v) is 3.94. The zero-order chi connectivity index (χ0) is 13.3. The molecule has 1 aromatic heterocycles. The molecule has 2 atom stereocenters. The summed E-state index contributed by atoms with van der Waals surface area (Å²) in [6.07, 6.45) is 14.8. The number of nitrogens with one attached hydrogen (secondary N) is 1. The molecule has 3 heteroatoms. The van der Waals surface area contributed by atoms with Gasteiger partial charge in [-0.2, -0.15) is 0 Å². The molecule has 2 fully saturated rings. The quantitative estimate of drug-likeness (QED) is 0.878. The Balaban J connectivity index is 1.85. The zero-order valence-corrected chi connectivity index (χ0v) is 12.4. The summed E-state index contributed by atoms with van der Waals surface area (Å²) < 4.78 is 2.49. The maximum absolute atomic E-state index is 4.47. The van der Waals surface area contributed by atoms with E-state index in [1.807, 2.05) is 0 Å². The molecule has 3 rings (SSSR count). The summed E-state index contributed by atoms with van der Waals surface area (Å²) in [6.45, 7) is 4.72. The summed E-state index contributed by atoms with van der Waals surface area (Å²) in [5, 5.41) is 3.75. The van der Waals surface area contributed by atoms with E-state index in [2.05, 4.69) is 41.2 Å². The van der Waals surface area contributed by atoms with Gasteiger partial charge in [0.25, 0.3) is 0 Å². The van der Waals surface area contributed by atoms with Crippen LogP contribution in [0, 0.1) is 0 Å². The fourth-order valence-electron chi connectivity index (χ4n) is 3.94. The van der Waals surface area contributed by atoms with Gasteiger partial charge >= 0.3 is 0 Å². The van der Waals surface area contributed by atoms with E-state index in [0.717, 1.165) is 0 Å². The number of aromatic nitrogens is 2. The van der Waals surface area contributed by atoms with Gasteiger partial charge in [-0.3, -0.25) is 0 Å². The Bertz CT molecular complexity index is 417. The van der Waals surface area contributed by atoms with Crippen molar-refractivity contribution < 1.29 is 0 Å². The molecule has 1 aliphatic carbocycles. The minimum Gasteiger partial charge on any atom is -0.327 e. The van der Waals surface area contributed by atoms with Crippen molar-refractivity contribution in [1.29, 1.82) is 0 Å². The van der Waals surface area contributed by atoms with Gasteiger partial charge < -0.3 is 9.88 Å². The van der Waals surface area contributed by atoms with Crippen LogP contribution in [0.2, 0.25) is 0 Å². The van der Waals surface area contributed by atoms with Crippen molar-refractivity contribution in [1.82, 2.24) is 14.9 Å². The highest BCUT2D eigenvalue weighted by Crippen LogP contribution is 2.37. The molecule has 0 amide bonds. The summed E-state index contributed by atoms with van der Waals surface area (Å²) in [4.78, 5) is 4.47. The second-order valence-electron chi connectivity index (χ2n) is 6.80. The first-order valence-corrected chi connectivity index (χ1v) is 7.98. The van der Waals surface area contributed by atoms with E-state index in [0.29, 0.717) is 17.6 Å². The van der Waals surface area contributed by atoms with Crippen molar-refractivity contribution in [2.24, 2.45) is 0 Å². The van der Waals surface area contributed by atoms with Gasteiger partial charge in [0.15, 0.2) is 0 Å². The fraction of sp³-hybridized carbons (Fsp3) is 0.812. The van der Waals surface area contributed by atoms with E-state index in [4.69, 9.17) is 0 Å². The topological polar surface area (TPSA) is 29.9 Å². The van der Waals surface area contributed by atoms with E-state index in [1.54, 1.807) is 0 Å². The molecule has 19 heavy (non-hydrogen) atoms. The Morgan fingerprint density at radius 2 is 2.00 bits per heavy atom. The Morgan fingerprint density at radius 3 is 2.74 bits per heavy atom. The van der Waals surface area contributed by atoms with E-state index >= 15 is 0 Å². The Morgan fingerprint density at radius 1 is 1.21 bits per heavy atom. The number of piperidine rings is 1. The van der Waals surface area contributed by atoms with Crippen LogP contribution in [0.1, 0.15) is 76.9 Å². The summed E-state index contributed by atoms with van der Waals surface area (Å²) >= 11 is 0. The number of rotatable bonds is 2. The molecule has 1 saturated carbocycles. The predicted octanol–water partition coefficient (Wildman–Crippen LogP) is 3.77. The van der Waals surface area contributed by atoms with Gasteiger partial charge in [0.1, 0.15) is 0 Å². The van der Waals surface area contributed by atoms with E-state index < -0.39 is 0 Å². The van der Waals surface area contributed by atoms with Gasteiger partial charge in [0.05, 0.1) is 12.0 Å². The summed E-state index contributed by atoms with van der Waals surface area (Å²) in [6, 6.07) is 1.14. The van der Waals surface area contributed by atoms with E-state index in [1.165, 1.54) is 57.1 Å².